The molecule has 0 unspecified atom stereocenters. The molecule has 2 amide bonds. The number of amides is 2. The number of hydrogen-bond acceptors (Lipinski definition) is 8. The van der Waals surface area contributed by atoms with Crippen molar-refractivity contribution in [1.29, 1.82) is 0 Å². The monoisotopic (exact) mass is 688 g/mol. The number of anilines is 2. The van der Waals surface area contributed by atoms with Gasteiger partial charge in [0.25, 0.3) is 11.8 Å². The van der Waals surface area contributed by atoms with E-state index in [9.17, 15) is 64.9 Å². The van der Waals surface area contributed by atoms with Crippen molar-refractivity contribution in [1.82, 2.24) is 0 Å². The number of fused-ring (bicyclic) bond motifs is 2. The fraction of sp³-hybridized carbons (Fsp3) is 0. The molecule has 0 radical (unpaired) electrons. The maximum Gasteiger partial charge on any atom is 0.346 e. The van der Waals surface area contributed by atoms with Gasteiger partial charge in [-0.05, 0) is 36.4 Å². The van der Waals surface area contributed by atoms with Gasteiger partial charge in [0, 0.05) is 30.7 Å². The lowest BCUT2D eigenvalue weighted by atomic mass is 10.2. The molecule has 20 heteroatoms. The molecule has 1 heterocycles. The molecule has 0 bridgehead atoms. The van der Waals surface area contributed by atoms with Gasteiger partial charge in [0.1, 0.15) is 11.4 Å². The van der Waals surface area contributed by atoms with Crippen LogP contribution in [0.3, 0.4) is 0 Å². The van der Waals surface area contributed by atoms with Crippen LogP contribution in [-0.2, 0) is 0 Å². The highest BCUT2D eigenvalue weighted by molar-refractivity contribution is 8.05. The topological polar surface area (TPSA) is 144 Å². The van der Waals surface area contributed by atoms with Gasteiger partial charge in [-0.1, -0.05) is 23.5 Å². The predicted octanol–water partition coefficient (Wildman–Crippen LogP) is 7.74. The second-order valence-electron chi connectivity index (χ2n) is 8.91. The highest BCUT2D eigenvalue weighted by Gasteiger charge is 2.35. The highest BCUT2D eigenvalue weighted by Crippen LogP contribution is 2.49. The van der Waals surface area contributed by atoms with Crippen LogP contribution in [0.2, 0.25) is 0 Å². The summed E-state index contributed by atoms with van der Waals surface area (Å²) in [6.45, 7) is 0. The van der Waals surface area contributed by atoms with Crippen molar-refractivity contribution in [2.24, 2.45) is 0 Å². The van der Waals surface area contributed by atoms with Crippen molar-refractivity contribution in [3.05, 3.63) is 114 Å². The van der Waals surface area contributed by atoms with Crippen LogP contribution < -0.4 is 10.6 Å². The molecule has 10 nitrogen and oxygen atoms in total. The lowest BCUT2D eigenvalue weighted by Gasteiger charge is -2.20. The Hall–Kier alpha value is -5.24. The third kappa shape index (κ3) is 5.44. The Morgan fingerprint density at radius 2 is 0.826 bits per heavy atom. The van der Waals surface area contributed by atoms with Crippen LogP contribution in [0.5, 0.6) is 0 Å². The third-order valence-corrected chi connectivity index (χ3v) is 8.70. The molecule has 0 fully saturated rings. The summed E-state index contributed by atoms with van der Waals surface area (Å²) in [5.74, 6) is -20.8. The van der Waals surface area contributed by atoms with Crippen molar-refractivity contribution < 1.29 is 54.6 Å². The van der Waals surface area contributed by atoms with E-state index in [2.05, 4.69) is 0 Å². The lowest BCUT2D eigenvalue weighted by Crippen LogP contribution is -2.17. The average Bonchev–Trinajstić information content (AvgIpc) is 3.01. The molecular weight excluding hydrogens is 680 g/mol. The molecule has 0 saturated carbocycles. The molecule has 0 atom stereocenters. The molecule has 5 rings (SSSR count). The molecule has 4 aromatic rings. The third-order valence-electron chi connectivity index (χ3n) is 6.17. The van der Waals surface area contributed by atoms with Crippen molar-refractivity contribution >= 4 is 58.1 Å². The number of hydrogen-bond donors (Lipinski definition) is 2. The van der Waals surface area contributed by atoms with Gasteiger partial charge in [0.2, 0.25) is 23.3 Å². The van der Waals surface area contributed by atoms with Gasteiger partial charge in [-0.25, -0.2) is 17.6 Å². The van der Waals surface area contributed by atoms with Gasteiger partial charge in [-0.2, -0.15) is 17.6 Å². The number of nitro benzene ring substituents is 2. The number of rotatable bonds is 6. The number of benzene rings is 4. The zero-order valence-corrected chi connectivity index (χ0v) is 23.3. The lowest BCUT2D eigenvalue weighted by molar-refractivity contribution is -0.390. The Morgan fingerprint density at radius 3 is 1.13 bits per heavy atom. The summed E-state index contributed by atoms with van der Waals surface area (Å²) >= 11 is 2.03. The van der Waals surface area contributed by atoms with Crippen LogP contribution >= 0.6 is 23.5 Å². The van der Waals surface area contributed by atoms with Crippen LogP contribution in [-0.4, -0.2) is 21.7 Å². The number of carbonyl (C=O) groups is 2. The largest absolute Gasteiger partial charge is 0.346 e. The predicted molar refractivity (Wildman–Crippen MR) is 143 cm³/mol. The molecule has 4 aromatic carbocycles. The van der Waals surface area contributed by atoms with Crippen LogP contribution in [0.1, 0.15) is 20.7 Å². The minimum atomic E-state index is -2.35. The molecule has 1 aliphatic heterocycles. The van der Waals surface area contributed by atoms with Gasteiger partial charge >= 0.3 is 11.4 Å². The first-order chi connectivity index (χ1) is 21.6. The molecule has 0 aromatic heterocycles. The van der Waals surface area contributed by atoms with E-state index in [0.29, 0.717) is 19.6 Å². The smallest absolute Gasteiger partial charge is 0.317 e. The number of halogens is 8. The summed E-state index contributed by atoms with van der Waals surface area (Å²) in [5, 5.41) is 24.8. The van der Waals surface area contributed by atoms with E-state index in [1.54, 1.807) is 10.6 Å². The van der Waals surface area contributed by atoms with Gasteiger partial charge in [-0.15, -0.1) is 0 Å². The molecule has 1 aliphatic rings. The van der Waals surface area contributed by atoms with E-state index in [4.69, 9.17) is 0 Å². The molecule has 46 heavy (non-hydrogen) atoms. The second kappa shape index (κ2) is 11.9. The summed E-state index contributed by atoms with van der Waals surface area (Å²) < 4.78 is 113. The summed E-state index contributed by atoms with van der Waals surface area (Å²) in [7, 11) is 0. The van der Waals surface area contributed by atoms with Crippen LogP contribution in [0, 0.1) is 66.8 Å². The Morgan fingerprint density at radius 1 is 0.522 bits per heavy atom. The van der Waals surface area contributed by atoms with Crippen molar-refractivity contribution in [3.63, 3.8) is 0 Å². The van der Waals surface area contributed by atoms with Crippen LogP contribution in [0.15, 0.2) is 56.0 Å². The van der Waals surface area contributed by atoms with Crippen LogP contribution in [0.25, 0.3) is 0 Å². The van der Waals surface area contributed by atoms with E-state index >= 15 is 0 Å². The normalized spacial score (nSPS) is 11.8. The molecule has 0 saturated heterocycles. The van der Waals surface area contributed by atoms with Crippen LogP contribution in [0.4, 0.5) is 57.9 Å². The SMILES string of the molecule is O=C(Nc1c(F)c(F)c([N+](=O)[O-])c(F)c1F)c1ccc2c(c1)Sc1cc(C(=O)Nc3c(F)c(F)c([N+](=O)[O-])c(F)c3F)ccc1S2. The molecule has 0 spiro atoms. The standard InChI is InChI=1S/C26H8F8N4O6S2/c27-13-17(31)23(37(41)42)18(32)14(28)21(13)35-25(39)7-1-3-9-11(5-7)46-12-6-8(2-4-10(12)45-9)26(40)36-22-15(29)19(33)24(38(43)44)20(34)16(22)30/h1-6H,(H,35,39)(H,36,40). The quantitative estimate of drug-likeness (QED) is 0.0798. The molecule has 0 aliphatic carbocycles. The van der Waals surface area contributed by atoms with Crippen molar-refractivity contribution in [2.75, 3.05) is 10.6 Å². The highest BCUT2D eigenvalue weighted by atomic mass is 32.2. The van der Waals surface area contributed by atoms with Crippen molar-refractivity contribution in [2.45, 2.75) is 19.6 Å². The maximum absolute atomic E-state index is 14.3. The maximum atomic E-state index is 14.3. The average molecular weight is 688 g/mol. The first kappa shape index (κ1) is 32.2. The number of nitrogens with one attached hydrogen (secondary N) is 2. The van der Waals surface area contributed by atoms with Gasteiger partial charge in [0.05, 0.1) is 9.85 Å². The fourth-order valence-electron chi connectivity index (χ4n) is 4.02. The second-order valence-corrected chi connectivity index (χ2v) is 11.1. The van der Waals surface area contributed by atoms with E-state index < -0.39 is 90.9 Å². The minimum Gasteiger partial charge on any atom is -0.317 e. The Labute approximate surface area is 257 Å². The number of nitrogens with zero attached hydrogens (tertiary/aromatic N) is 2. The zero-order chi connectivity index (χ0) is 33.8. The summed E-state index contributed by atoms with van der Waals surface area (Å²) in [5.41, 5.74) is -8.02. The Kier molecular flexibility index (Phi) is 8.34. The Balaban J connectivity index is 1.39. The fourth-order valence-corrected chi connectivity index (χ4v) is 6.29. The zero-order valence-electron chi connectivity index (χ0n) is 21.6. The summed E-state index contributed by atoms with van der Waals surface area (Å²) in [4.78, 5) is 45.3. The first-order valence-electron chi connectivity index (χ1n) is 11.9. The van der Waals surface area contributed by atoms with E-state index in [0.717, 1.165) is 23.5 Å². The Bertz CT molecular complexity index is 1870. The van der Waals surface area contributed by atoms with E-state index in [-0.39, 0.29) is 11.1 Å². The first-order valence-corrected chi connectivity index (χ1v) is 13.5. The number of nitro groups is 2. The van der Waals surface area contributed by atoms with Crippen molar-refractivity contribution in [3.8, 4) is 0 Å². The summed E-state index contributed by atoms with van der Waals surface area (Å²) in [6, 6.07) is 7.57. The minimum absolute atomic E-state index is 0.296. The number of carbonyl (C=O) groups excluding carboxylic acids is 2. The van der Waals surface area contributed by atoms with E-state index in [1.807, 2.05) is 0 Å². The summed E-state index contributed by atoms with van der Waals surface area (Å²) in [6.07, 6.45) is 0. The van der Waals surface area contributed by atoms with E-state index in [1.165, 1.54) is 36.4 Å². The van der Waals surface area contributed by atoms with Gasteiger partial charge < -0.3 is 10.6 Å². The molecule has 236 valence electrons. The molecular formula is C26H8F8N4O6S2. The van der Waals surface area contributed by atoms with Gasteiger partial charge in [0.15, 0.2) is 23.3 Å². The molecule has 2 N–H and O–H groups in total. The van der Waals surface area contributed by atoms with Gasteiger partial charge in [-0.3, -0.25) is 29.8 Å².